The maximum Gasteiger partial charge on any atom is 0.191 e. The molecule has 5 nitrogen and oxygen atoms in total. The molecule has 2 aliphatic rings. The van der Waals surface area contributed by atoms with E-state index < -0.39 is 0 Å². The molecule has 0 bridgehead atoms. The van der Waals surface area contributed by atoms with Gasteiger partial charge in [-0.25, -0.2) is 4.39 Å². The SMILES string of the molecule is CN=C(NCc1oc2ccc(F)cc2c1C)NC1CCN(C2CCCC2)C1.I. The predicted molar refractivity (Wildman–Crippen MR) is 122 cm³/mol. The number of rotatable bonds is 4. The van der Waals surface area contributed by atoms with Crippen LogP contribution in [0.25, 0.3) is 11.0 Å². The third kappa shape index (κ3) is 4.62. The van der Waals surface area contributed by atoms with Gasteiger partial charge in [-0.2, -0.15) is 0 Å². The summed E-state index contributed by atoms with van der Waals surface area (Å²) in [4.78, 5) is 7.00. The van der Waals surface area contributed by atoms with Gasteiger partial charge in [-0.1, -0.05) is 12.8 Å². The molecule has 1 aromatic carbocycles. The van der Waals surface area contributed by atoms with Crippen molar-refractivity contribution in [2.75, 3.05) is 20.1 Å². The van der Waals surface area contributed by atoms with Crippen LogP contribution >= 0.6 is 24.0 Å². The lowest BCUT2D eigenvalue weighted by atomic mass is 10.1. The summed E-state index contributed by atoms with van der Waals surface area (Å²) in [7, 11) is 1.79. The Morgan fingerprint density at radius 2 is 2.07 bits per heavy atom. The summed E-state index contributed by atoms with van der Waals surface area (Å²) in [5.74, 6) is 1.37. The van der Waals surface area contributed by atoms with Crippen molar-refractivity contribution in [2.45, 2.75) is 57.7 Å². The van der Waals surface area contributed by atoms with E-state index >= 15 is 0 Å². The zero-order chi connectivity index (χ0) is 18.8. The molecule has 2 fully saturated rings. The largest absolute Gasteiger partial charge is 0.459 e. The Kier molecular flexibility index (Phi) is 7.20. The van der Waals surface area contributed by atoms with Gasteiger partial charge in [-0.15, -0.1) is 24.0 Å². The second-order valence-corrected chi connectivity index (χ2v) is 7.78. The topological polar surface area (TPSA) is 52.8 Å². The zero-order valence-corrected chi connectivity index (χ0v) is 19.0. The molecule has 28 heavy (non-hydrogen) atoms. The highest BCUT2D eigenvalue weighted by Gasteiger charge is 2.30. The van der Waals surface area contributed by atoms with Crippen molar-refractivity contribution in [1.82, 2.24) is 15.5 Å². The van der Waals surface area contributed by atoms with E-state index in [2.05, 4.69) is 20.5 Å². The van der Waals surface area contributed by atoms with Crippen LogP contribution in [0.3, 0.4) is 0 Å². The Bertz CT molecular complexity index is 831. The first-order valence-corrected chi connectivity index (χ1v) is 10.0. The van der Waals surface area contributed by atoms with E-state index in [9.17, 15) is 4.39 Å². The molecule has 1 saturated heterocycles. The van der Waals surface area contributed by atoms with Crippen LogP contribution in [0.15, 0.2) is 27.6 Å². The molecule has 7 heteroatoms. The van der Waals surface area contributed by atoms with Crippen LogP contribution in [-0.2, 0) is 6.54 Å². The summed E-state index contributed by atoms with van der Waals surface area (Å²) in [6.07, 6.45) is 6.61. The highest BCUT2D eigenvalue weighted by atomic mass is 127. The standard InChI is InChI=1S/C21H29FN4O.HI/c1-14-18-11-15(22)7-8-19(18)27-20(14)12-24-21(23-2)25-16-9-10-26(13-16)17-5-3-4-6-17;/h7-8,11,16-17H,3-6,9-10,12-13H2,1-2H3,(H2,23,24,25);1H. The summed E-state index contributed by atoms with van der Waals surface area (Å²) in [6, 6.07) is 5.86. The van der Waals surface area contributed by atoms with Crippen molar-refractivity contribution in [3.63, 3.8) is 0 Å². The van der Waals surface area contributed by atoms with E-state index in [0.717, 1.165) is 47.3 Å². The molecule has 2 N–H and O–H groups in total. The van der Waals surface area contributed by atoms with Gasteiger partial charge in [0.15, 0.2) is 5.96 Å². The average molecular weight is 500 g/mol. The fraction of sp³-hybridized carbons (Fsp3) is 0.571. The Hall–Kier alpha value is -1.35. The van der Waals surface area contributed by atoms with Crippen LogP contribution in [0.1, 0.15) is 43.4 Å². The monoisotopic (exact) mass is 500 g/mol. The minimum absolute atomic E-state index is 0. The number of aliphatic imine (C=N–C) groups is 1. The van der Waals surface area contributed by atoms with Crippen molar-refractivity contribution < 1.29 is 8.81 Å². The molecule has 0 spiro atoms. The molecule has 1 saturated carbocycles. The minimum Gasteiger partial charge on any atom is -0.459 e. The first-order valence-electron chi connectivity index (χ1n) is 10.0. The number of guanidine groups is 1. The van der Waals surface area contributed by atoms with E-state index in [-0.39, 0.29) is 29.8 Å². The molecular weight excluding hydrogens is 470 g/mol. The van der Waals surface area contributed by atoms with Crippen molar-refractivity contribution in [3.05, 3.63) is 35.3 Å². The van der Waals surface area contributed by atoms with Gasteiger partial charge >= 0.3 is 0 Å². The molecular formula is C21H30FIN4O. The van der Waals surface area contributed by atoms with Gasteiger partial charge < -0.3 is 15.1 Å². The maximum atomic E-state index is 13.5. The molecule has 1 aliphatic carbocycles. The summed E-state index contributed by atoms with van der Waals surface area (Å²) >= 11 is 0. The Labute approximate surface area is 183 Å². The van der Waals surface area contributed by atoms with Crippen LogP contribution < -0.4 is 10.6 Å². The molecule has 2 heterocycles. The fourth-order valence-electron chi connectivity index (χ4n) is 4.47. The molecule has 1 aliphatic heterocycles. The van der Waals surface area contributed by atoms with Crippen LogP contribution in [0.2, 0.25) is 0 Å². The zero-order valence-electron chi connectivity index (χ0n) is 16.6. The van der Waals surface area contributed by atoms with Gasteiger partial charge in [-0.05, 0) is 44.4 Å². The molecule has 1 atom stereocenters. The lowest BCUT2D eigenvalue weighted by Crippen LogP contribution is -2.45. The van der Waals surface area contributed by atoms with Crippen molar-refractivity contribution in [3.8, 4) is 0 Å². The summed E-state index contributed by atoms with van der Waals surface area (Å²) < 4.78 is 19.4. The quantitative estimate of drug-likeness (QED) is 0.376. The van der Waals surface area contributed by atoms with E-state index in [4.69, 9.17) is 4.42 Å². The van der Waals surface area contributed by atoms with E-state index in [1.807, 2.05) is 6.92 Å². The summed E-state index contributed by atoms with van der Waals surface area (Å²) in [5.41, 5.74) is 1.69. The van der Waals surface area contributed by atoms with Gasteiger partial charge in [0.2, 0.25) is 0 Å². The van der Waals surface area contributed by atoms with E-state index in [1.165, 1.54) is 44.4 Å². The van der Waals surface area contributed by atoms with Crippen LogP contribution in [0, 0.1) is 12.7 Å². The number of aryl methyl sites for hydroxylation is 1. The number of halogens is 2. The third-order valence-electron chi connectivity index (χ3n) is 6.04. The molecule has 154 valence electrons. The number of furan rings is 1. The smallest absolute Gasteiger partial charge is 0.191 e. The lowest BCUT2D eigenvalue weighted by Gasteiger charge is -2.24. The third-order valence-corrected chi connectivity index (χ3v) is 6.04. The fourth-order valence-corrected chi connectivity index (χ4v) is 4.47. The Morgan fingerprint density at radius 1 is 1.29 bits per heavy atom. The average Bonchev–Trinajstić information content (AvgIpc) is 3.40. The van der Waals surface area contributed by atoms with Crippen molar-refractivity contribution in [2.24, 2.45) is 4.99 Å². The van der Waals surface area contributed by atoms with Gasteiger partial charge in [0.25, 0.3) is 0 Å². The van der Waals surface area contributed by atoms with Crippen LogP contribution in [0.4, 0.5) is 4.39 Å². The van der Waals surface area contributed by atoms with Crippen LogP contribution in [0.5, 0.6) is 0 Å². The first-order chi connectivity index (χ1) is 13.1. The number of hydrogen-bond acceptors (Lipinski definition) is 3. The van der Waals surface area contributed by atoms with Gasteiger partial charge in [0.1, 0.15) is 17.2 Å². The number of benzene rings is 1. The molecule has 4 rings (SSSR count). The highest BCUT2D eigenvalue weighted by molar-refractivity contribution is 14.0. The minimum atomic E-state index is -0.239. The van der Waals surface area contributed by atoms with Crippen molar-refractivity contribution >= 4 is 40.9 Å². The van der Waals surface area contributed by atoms with Gasteiger partial charge in [0.05, 0.1) is 6.54 Å². The number of likely N-dealkylation sites (tertiary alicyclic amines) is 1. The molecule has 1 unspecified atom stereocenters. The summed E-state index contributed by atoms with van der Waals surface area (Å²) in [5, 5.41) is 7.72. The number of fused-ring (bicyclic) bond motifs is 1. The number of nitrogens with one attached hydrogen (secondary N) is 2. The van der Waals surface area contributed by atoms with E-state index in [0.29, 0.717) is 12.6 Å². The van der Waals surface area contributed by atoms with Crippen LogP contribution in [-0.4, -0.2) is 43.1 Å². The molecule has 1 aromatic heterocycles. The Morgan fingerprint density at radius 3 is 2.82 bits per heavy atom. The first kappa shape index (κ1) is 21.4. The summed E-state index contributed by atoms with van der Waals surface area (Å²) in [6.45, 7) is 4.76. The lowest BCUT2D eigenvalue weighted by molar-refractivity contribution is 0.242. The second kappa shape index (κ2) is 9.43. The molecule has 0 amide bonds. The number of hydrogen-bond donors (Lipinski definition) is 2. The Balaban J connectivity index is 0.00000225. The maximum absolute atomic E-state index is 13.5. The van der Waals surface area contributed by atoms with Crippen molar-refractivity contribution in [1.29, 1.82) is 0 Å². The highest BCUT2D eigenvalue weighted by Crippen LogP contribution is 2.27. The second-order valence-electron chi connectivity index (χ2n) is 7.78. The number of nitrogens with zero attached hydrogens (tertiary/aromatic N) is 2. The molecule has 0 radical (unpaired) electrons. The van der Waals surface area contributed by atoms with Gasteiger partial charge in [0, 0.05) is 43.2 Å². The molecule has 2 aromatic rings. The normalized spacial score (nSPS) is 21.2. The van der Waals surface area contributed by atoms with Gasteiger partial charge in [-0.3, -0.25) is 9.89 Å². The van der Waals surface area contributed by atoms with E-state index in [1.54, 1.807) is 13.1 Å². The predicted octanol–water partition coefficient (Wildman–Crippen LogP) is 4.18.